The Bertz CT molecular complexity index is 309. The maximum absolute atomic E-state index is 11.8. The van der Waals surface area contributed by atoms with E-state index in [9.17, 15) is 14.7 Å². The molecular formula is C11H19NO5. The van der Waals surface area contributed by atoms with E-state index in [0.717, 1.165) is 0 Å². The first-order valence-electron chi connectivity index (χ1n) is 5.61. The fourth-order valence-corrected chi connectivity index (χ4v) is 1.72. The number of aliphatic carboxylic acids is 1. The smallest absolute Gasteiger partial charge is 0.411 e. The van der Waals surface area contributed by atoms with Gasteiger partial charge < -0.3 is 14.9 Å². The van der Waals surface area contributed by atoms with Crippen LogP contribution in [-0.2, 0) is 9.53 Å². The Morgan fingerprint density at radius 3 is 2.41 bits per heavy atom. The SMILES string of the molecule is CC(C)(C)OC(=O)N1CC[C@H](O)C[C@H]1C(=O)O. The van der Waals surface area contributed by atoms with Gasteiger partial charge in [0.05, 0.1) is 6.10 Å². The highest BCUT2D eigenvalue weighted by Gasteiger charge is 2.37. The molecule has 1 heterocycles. The normalized spacial score (nSPS) is 25.5. The largest absolute Gasteiger partial charge is 0.480 e. The van der Waals surface area contributed by atoms with Gasteiger partial charge in [-0.15, -0.1) is 0 Å². The van der Waals surface area contributed by atoms with E-state index in [1.807, 2.05) is 0 Å². The number of aliphatic hydroxyl groups excluding tert-OH is 1. The molecule has 2 N–H and O–H groups in total. The molecule has 6 heteroatoms. The Balaban J connectivity index is 2.73. The second-order valence-corrected chi connectivity index (χ2v) is 5.21. The molecule has 0 saturated carbocycles. The molecule has 0 aromatic carbocycles. The molecule has 0 radical (unpaired) electrons. The summed E-state index contributed by atoms with van der Waals surface area (Å²) in [6, 6.07) is -1.01. The number of carbonyl (C=O) groups excluding carboxylic acids is 1. The van der Waals surface area contributed by atoms with Gasteiger partial charge in [0.1, 0.15) is 11.6 Å². The zero-order chi connectivity index (χ0) is 13.2. The molecule has 1 aliphatic heterocycles. The molecule has 6 nitrogen and oxygen atoms in total. The average molecular weight is 245 g/mol. The predicted octanol–water partition coefficient (Wildman–Crippen LogP) is 0.831. The van der Waals surface area contributed by atoms with E-state index in [2.05, 4.69) is 0 Å². The number of nitrogens with zero attached hydrogens (tertiary/aromatic N) is 1. The lowest BCUT2D eigenvalue weighted by molar-refractivity contribution is -0.146. The quantitative estimate of drug-likeness (QED) is 0.714. The maximum Gasteiger partial charge on any atom is 0.411 e. The van der Waals surface area contributed by atoms with Crippen LogP contribution < -0.4 is 0 Å². The first-order valence-corrected chi connectivity index (χ1v) is 5.61. The van der Waals surface area contributed by atoms with Crippen LogP contribution in [0.15, 0.2) is 0 Å². The third-order valence-corrected chi connectivity index (χ3v) is 2.49. The Hall–Kier alpha value is -1.30. The summed E-state index contributed by atoms with van der Waals surface area (Å²) >= 11 is 0. The maximum atomic E-state index is 11.8. The average Bonchev–Trinajstić information content (AvgIpc) is 2.14. The van der Waals surface area contributed by atoms with Crippen LogP contribution in [0.3, 0.4) is 0 Å². The van der Waals surface area contributed by atoms with Crippen molar-refractivity contribution in [3.63, 3.8) is 0 Å². The number of likely N-dealkylation sites (tertiary alicyclic amines) is 1. The summed E-state index contributed by atoms with van der Waals surface area (Å²) in [5.41, 5.74) is -0.657. The van der Waals surface area contributed by atoms with E-state index < -0.39 is 29.8 Å². The number of hydrogen-bond donors (Lipinski definition) is 2. The number of amides is 1. The van der Waals surface area contributed by atoms with Gasteiger partial charge in [-0.1, -0.05) is 0 Å². The highest BCUT2D eigenvalue weighted by atomic mass is 16.6. The predicted molar refractivity (Wildman–Crippen MR) is 59.6 cm³/mol. The minimum absolute atomic E-state index is 0.0502. The van der Waals surface area contributed by atoms with Gasteiger partial charge in [0, 0.05) is 13.0 Å². The number of rotatable bonds is 1. The molecular weight excluding hydrogens is 226 g/mol. The topological polar surface area (TPSA) is 87.1 Å². The van der Waals surface area contributed by atoms with Crippen molar-refractivity contribution in [2.24, 2.45) is 0 Å². The van der Waals surface area contributed by atoms with Crippen LogP contribution in [0.25, 0.3) is 0 Å². The molecule has 1 amide bonds. The summed E-state index contributed by atoms with van der Waals surface area (Å²) in [6.45, 7) is 5.37. The van der Waals surface area contributed by atoms with Crippen molar-refractivity contribution in [2.45, 2.75) is 51.4 Å². The van der Waals surface area contributed by atoms with Gasteiger partial charge in [0.2, 0.25) is 0 Å². The number of carbonyl (C=O) groups is 2. The summed E-state index contributed by atoms with van der Waals surface area (Å²) in [6.07, 6.45) is -0.885. The molecule has 0 unspecified atom stereocenters. The van der Waals surface area contributed by atoms with E-state index in [4.69, 9.17) is 9.84 Å². The molecule has 1 fully saturated rings. The number of aliphatic hydroxyl groups is 1. The molecule has 98 valence electrons. The van der Waals surface area contributed by atoms with Crippen LogP contribution in [0.1, 0.15) is 33.6 Å². The third-order valence-electron chi connectivity index (χ3n) is 2.49. The van der Waals surface area contributed by atoms with Crippen LogP contribution in [0.5, 0.6) is 0 Å². The van der Waals surface area contributed by atoms with Gasteiger partial charge in [0.25, 0.3) is 0 Å². The Morgan fingerprint density at radius 1 is 1.35 bits per heavy atom. The monoisotopic (exact) mass is 245 g/mol. The lowest BCUT2D eigenvalue weighted by Gasteiger charge is -2.36. The van der Waals surface area contributed by atoms with E-state index in [1.54, 1.807) is 20.8 Å². The standard InChI is InChI=1S/C11H19NO5/c1-11(2,3)17-10(16)12-5-4-7(13)6-8(12)9(14)15/h7-8,13H,4-6H2,1-3H3,(H,14,15)/t7-,8-/m0/s1. The van der Waals surface area contributed by atoms with Crippen molar-refractivity contribution in [2.75, 3.05) is 6.54 Å². The van der Waals surface area contributed by atoms with Crippen LogP contribution in [0, 0.1) is 0 Å². The van der Waals surface area contributed by atoms with Crippen molar-refractivity contribution in [3.05, 3.63) is 0 Å². The third kappa shape index (κ3) is 3.89. The highest BCUT2D eigenvalue weighted by Crippen LogP contribution is 2.20. The van der Waals surface area contributed by atoms with Crippen molar-refractivity contribution in [3.8, 4) is 0 Å². The second kappa shape index (κ2) is 4.91. The summed E-state index contributed by atoms with van der Waals surface area (Å²) < 4.78 is 5.13. The Morgan fingerprint density at radius 2 is 1.94 bits per heavy atom. The molecule has 0 bridgehead atoms. The van der Waals surface area contributed by atoms with Gasteiger partial charge >= 0.3 is 12.1 Å². The van der Waals surface area contributed by atoms with Crippen molar-refractivity contribution in [1.29, 1.82) is 0 Å². The van der Waals surface area contributed by atoms with Crippen LogP contribution >= 0.6 is 0 Å². The zero-order valence-corrected chi connectivity index (χ0v) is 10.3. The fourth-order valence-electron chi connectivity index (χ4n) is 1.72. The zero-order valence-electron chi connectivity index (χ0n) is 10.3. The molecule has 1 rings (SSSR count). The molecule has 0 aromatic heterocycles. The molecule has 2 atom stereocenters. The lowest BCUT2D eigenvalue weighted by Crippen LogP contribution is -2.52. The van der Waals surface area contributed by atoms with Gasteiger partial charge in [-0.3, -0.25) is 4.90 Å². The Labute approximate surface area is 100 Å². The van der Waals surface area contributed by atoms with E-state index in [-0.39, 0.29) is 13.0 Å². The fraction of sp³-hybridized carbons (Fsp3) is 0.818. The summed E-state index contributed by atoms with van der Waals surface area (Å²) in [5, 5.41) is 18.4. The molecule has 0 aromatic rings. The lowest BCUT2D eigenvalue weighted by atomic mass is 10.0. The highest BCUT2D eigenvalue weighted by molar-refractivity contribution is 5.80. The molecule has 0 spiro atoms. The second-order valence-electron chi connectivity index (χ2n) is 5.21. The van der Waals surface area contributed by atoms with E-state index in [0.29, 0.717) is 6.42 Å². The van der Waals surface area contributed by atoms with E-state index >= 15 is 0 Å². The molecule has 17 heavy (non-hydrogen) atoms. The first-order chi connectivity index (χ1) is 7.70. The van der Waals surface area contributed by atoms with Crippen LogP contribution in [0.2, 0.25) is 0 Å². The molecule has 1 aliphatic rings. The first kappa shape index (κ1) is 13.8. The van der Waals surface area contributed by atoms with Gasteiger partial charge in [0.15, 0.2) is 0 Å². The molecule has 1 saturated heterocycles. The minimum Gasteiger partial charge on any atom is -0.480 e. The molecule has 0 aliphatic carbocycles. The number of carboxylic acids is 1. The Kier molecular flexibility index (Phi) is 3.98. The minimum atomic E-state index is -1.12. The number of carboxylic acid groups (broad SMARTS) is 1. The number of hydrogen-bond acceptors (Lipinski definition) is 4. The van der Waals surface area contributed by atoms with Gasteiger partial charge in [-0.25, -0.2) is 9.59 Å². The van der Waals surface area contributed by atoms with Crippen LogP contribution in [-0.4, -0.2) is 51.5 Å². The van der Waals surface area contributed by atoms with Gasteiger partial charge in [-0.05, 0) is 27.2 Å². The van der Waals surface area contributed by atoms with Crippen LogP contribution in [0.4, 0.5) is 4.79 Å². The van der Waals surface area contributed by atoms with Crippen molar-refractivity contribution < 1.29 is 24.5 Å². The summed E-state index contributed by atoms with van der Waals surface area (Å²) in [5.74, 6) is -1.12. The number of piperidine rings is 1. The van der Waals surface area contributed by atoms with Gasteiger partial charge in [-0.2, -0.15) is 0 Å². The van der Waals surface area contributed by atoms with E-state index in [1.165, 1.54) is 4.90 Å². The summed E-state index contributed by atoms with van der Waals surface area (Å²) in [4.78, 5) is 24.0. The van der Waals surface area contributed by atoms with Crippen molar-refractivity contribution >= 4 is 12.1 Å². The van der Waals surface area contributed by atoms with Crippen molar-refractivity contribution in [1.82, 2.24) is 4.90 Å². The summed E-state index contributed by atoms with van der Waals surface area (Å²) in [7, 11) is 0. The number of ether oxygens (including phenoxy) is 1.